The maximum Gasteiger partial charge on any atom is 0.336 e. The number of nitrogens with one attached hydrogen (secondary N) is 1. The Morgan fingerprint density at radius 1 is 1.46 bits per heavy atom. The third-order valence-corrected chi connectivity index (χ3v) is 4.32. The van der Waals surface area contributed by atoms with E-state index in [1.165, 1.54) is 6.07 Å². The summed E-state index contributed by atoms with van der Waals surface area (Å²) in [6, 6.07) is 8.68. The molecule has 0 bridgehead atoms. The Kier molecular flexibility index (Phi) is 4.02. The fourth-order valence-electron chi connectivity index (χ4n) is 2.75. The number of carbonyl (C=O) groups excluding carboxylic acids is 1. The van der Waals surface area contributed by atoms with Crippen LogP contribution < -0.4 is 15.7 Å². The molecule has 0 saturated heterocycles. The van der Waals surface area contributed by atoms with Gasteiger partial charge >= 0.3 is 5.63 Å². The summed E-state index contributed by atoms with van der Waals surface area (Å²) in [4.78, 5) is 23.5. The van der Waals surface area contributed by atoms with E-state index in [1.54, 1.807) is 25.1 Å². The largest absolute Gasteiger partial charge is 0.484 e. The molecule has 1 saturated carbocycles. The molecule has 1 aromatic carbocycles. The van der Waals surface area contributed by atoms with Crippen molar-refractivity contribution < 1.29 is 13.9 Å². The maximum absolute atomic E-state index is 12.0. The van der Waals surface area contributed by atoms with Gasteiger partial charge in [0.05, 0.1) is 6.07 Å². The highest BCUT2D eigenvalue weighted by molar-refractivity contribution is 5.82. The van der Waals surface area contributed by atoms with Gasteiger partial charge in [0.25, 0.3) is 5.91 Å². The fraction of sp³-hybridized carbons (Fsp3) is 0.389. The zero-order chi connectivity index (χ0) is 17.3. The Morgan fingerprint density at radius 3 is 2.88 bits per heavy atom. The van der Waals surface area contributed by atoms with Crippen LogP contribution in [0, 0.1) is 24.2 Å². The maximum atomic E-state index is 12.0. The lowest BCUT2D eigenvalue weighted by Crippen LogP contribution is -2.48. The number of rotatable bonds is 5. The molecule has 1 atom stereocenters. The summed E-state index contributed by atoms with van der Waals surface area (Å²) in [7, 11) is 0. The first-order chi connectivity index (χ1) is 11.4. The van der Waals surface area contributed by atoms with Crippen LogP contribution >= 0.6 is 0 Å². The molecule has 3 rings (SSSR count). The Balaban J connectivity index is 1.68. The SMILES string of the molecule is Cc1cc(=O)oc2cc(OCC(=O)N[C@](C)(C#N)C3CC3)ccc12. The zero-order valence-corrected chi connectivity index (χ0v) is 13.6. The van der Waals surface area contributed by atoms with Gasteiger partial charge in [-0.15, -0.1) is 0 Å². The molecule has 1 heterocycles. The average molecular weight is 326 g/mol. The summed E-state index contributed by atoms with van der Waals surface area (Å²) >= 11 is 0. The summed E-state index contributed by atoms with van der Waals surface area (Å²) in [6.07, 6.45) is 1.91. The van der Waals surface area contributed by atoms with E-state index in [0.717, 1.165) is 23.8 Å². The van der Waals surface area contributed by atoms with Crippen LogP contribution in [0.15, 0.2) is 33.5 Å². The van der Waals surface area contributed by atoms with Gasteiger partial charge < -0.3 is 14.5 Å². The summed E-state index contributed by atoms with van der Waals surface area (Å²) in [5.41, 5.74) is -0.0325. The highest BCUT2D eigenvalue weighted by Gasteiger charge is 2.43. The second kappa shape index (κ2) is 6.00. The lowest BCUT2D eigenvalue weighted by molar-refractivity contribution is -0.124. The van der Waals surface area contributed by atoms with Crippen molar-refractivity contribution in [2.24, 2.45) is 5.92 Å². The van der Waals surface area contributed by atoms with Gasteiger partial charge in [-0.3, -0.25) is 4.79 Å². The second-order valence-electron chi connectivity index (χ2n) is 6.33. The molecule has 0 aliphatic heterocycles. The molecule has 2 aromatic rings. The van der Waals surface area contributed by atoms with E-state index in [9.17, 15) is 14.9 Å². The Hall–Kier alpha value is -2.81. The first kappa shape index (κ1) is 16.1. The Bertz CT molecular complexity index is 892. The Labute approximate surface area is 139 Å². The Morgan fingerprint density at radius 2 is 2.21 bits per heavy atom. The number of nitriles is 1. The van der Waals surface area contributed by atoms with E-state index in [4.69, 9.17) is 9.15 Å². The lowest BCUT2D eigenvalue weighted by atomic mass is 9.98. The van der Waals surface area contributed by atoms with Crippen LogP contribution in [0.2, 0.25) is 0 Å². The van der Waals surface area contributed by atoms with E-state index in [-0.39, 0.29) is 18.4 Å². The number of fused-ring (bicyclic) bond motifs is 1. The van der Waals surface area contributed by atoms with Crippen molar-refractivity contribution in [2.75, 3.05) is 6.61 Å². The molecule has 0 unspecified atom stereocenters. The lowest BCUT2D eigenvalue weighted by Gasteiger charge is -2.22. The quantitative estimate of drug-likeness (QED) is 0.851. The molecule has 0 radical (unpaired) electrons. The number of carbonyl (C=O) groups is 1. The second-order valence-corrected chi connectivity index (χ2v) is 6.33. The van der Waals surface area contributed by atoms with Crippen LogP contribution in [0.5, 0.6) is 5.75 Å². The minimum atomic E-state index is -0.840. The van der Waals surface area contributed by atoms with E-state index in [1.807, 2.05) is 6.92 Å². The molecular formula is C18H18N2O4. The molecule has 124 valence electrons. The molecule has 24 heavy (non-hydrogen) atoms. The van der Waals surface area contributed by atoms with Gasteiger partial charge in [0, 0.05) is 17.5 Å². The van der Waals surface area contributed by atoms with E-state index >= 15 is 0 Å². The molecule has 1 aromatic heterocycles. The van der Waals surface area contributed by atoms with Crippen LogP contribution in [0.1, 0.15) is 25.3 Å². The van der Waals surface area contributed by atoms with E-state index < -0.39 is 11.2 Å². The van der Waals surface area contributed by atoms with Gasteiger partial charge in [-0.25, -0.2) is 4.79 Å². The molecule has 0 spiro atoms. The smallest absolute Gasteiger partial charge is 0.336 e. The minimum absolute atomic E-state index is 0.203. The standard InChI is InChI=1S/C18H18N2O4/c1-11-7-17(22)24-15-8-13(5-6-14(11)15)23-9-16(21)20-18(2,10-19)12-3-4-12/h5-8,12H,3-4,9H2,1-2H3,(H,20,21)/t18-/m1/s1. The summed E-state index contributed by atoms with van der Waals surface area (Å²) in [5, 5.41) is 12.8. The van der Waals surface area contributed by atoms with Crippen molar-refractivity contribution >= 4 is 16.9 Å². The van der Waals surface area contributed by atoms with Crippen LogP contribution in [-0.2, 0) is 4.79 Å². The van der Waals surface area contributed by atoms with Crippen molar-refractivity contribution in [3.63, 3.8) is 0 Å². The number of aryl methyl sites for hydroxylation is 1. The number of nitrogens with zero attached hydrogens (tertiary/aromatic N) is 1. The number of hydrogen-bond donors (Lipinski definition) is 1. The van der Waals surface area contributed by atoms with Gasteiger partial charge in [-0.1, -0.05) is 0 Å². The zero-order valence-electron chi connectivity index (χ0n) is 13.6. The molecule has 6 heteroatoms. The minimum Gasteiger partial charge on any atom is -0.484 e. The average Bonchev–Trinajstić information content (AvgIpc) is 3.37. The predicted octanol–water partition coefficient (Wildman–Crippen LogP) is 2.29. The molecule has 1 N–H and O–H groups in total. The summed E-state index contributed by atoms with van der Waals surface area (Å²) < 4.78 is 10.6. The third-order valence-electron chi connectivity index (χ3n) is 4.32. The van der Waals surface area contributed by atoms with Gasteiger partial charge in [-0.05, 0) is 50.3 Å². The summed E-state index contributed by atoms with van der Waals surface area (Å²) in [5.74, 6) is 0.289. The van der Waals surface area contributed by atoms with Gasteiger partial charge in [-0.2, -0.15) is 5.26 Å². The number of amides is 1. The fourth-order valence-corrected chi connectivity index (χ4v) is 2.75. The van der Waals surface area contributed by atoms with Crippen molar-refractivity contribution in [3.05, 3.63) is 40.2 Å². The molecular weight excluding hydrogens is 308 g/mol. The van der Waals surface area contributed by atoms with Crippen LogP contribution in [-0.4, -0.2) is 18.1 Å². The molecule has 1 aliphatic carbocycles. The van der Waals surface area contributed by atoms with Crippen molar-refractivity contribution in [3.8, 4) is 11.8 Å². The molecule has 1 amide bonds. The van der Waals surface area contributed by atoms with E-state index in [0.29, 0.717) is 11.3 Å². The van der Waals surface area contributed by atoms with E-state index in [2.05, 4.69) is 11.4 Å². The van der Waals surface area contributed by atoms with Crippen molar-refractivity contribution in [2.45, 2.75) is 32.2 Å². The number of hydrogen-bond acceptors (Lipinski definition) is 5. The van der Waals surface area contributed by atoms with Crippen molar-refractivity contribution in [1.82, 2.24) is 5.32 Å². The molecule has 6 nitrogen and oxygen atoms in total. The topological polar surface area (TPSA) is 92.3 Å². The highest BCUT2D eigenvalue weighted by Crippen LogP contribution is 2.39. The molecule has 1 fully saturated rings. The third kappa shape index (κ3) is 3.25. The summed E-state index contributed by atoms with van der Waals surface area (Å²) in [6.45, 7) is 3.36. The highest BCUT2D eigenvalue weighted by atomic mass is 16.5. The van der Waals surface area contributed by atoms with Gasteiger partial charge in [0.1, 0.15) is 16.9 Å². The normalized spacial score (nSPS) is 16.2. The monoisotopic (exact) mass is 326 g/mol. The van der Waals surface area contributed by atoms with Crippen LogP contribution in [0.25, 0.3) is 11.0 Å². The van der Waals surface area contributed by atoms with Gasteiger partial charge in [0.2, 0.25) is 0 Å². The number of benzene rings is 1. The van der Waals surface area contributed by atoms with Gasteiger partial charge in [0.15, 0.2) is 6.61 Å². The predicted molar refractivity (Wildman–Crippen MR) is 87.6 cm³/mol. The number of ether oxygens (including phenoxy) is 1. The molecule has 1 aliphatic rings. The van der Waals surface area contributed by atoms with Crippen molar-refractivity contribution in [1.29, 1.82) is 5.26 Å². The van der Waals surface area contributed by atoms with Crippen LogP contribution in [0.4, 0.5) is 0 Å². The first-order valence-electron chi connectivity index (χ1n) is 7.81. The van der Waals surface area contributed by atoms with Crippen LogP contribution in [0.3, 0.4) is 0 Å². The first-order valence-corrected chi connectivity index (χ1v) is 7.81.